The average Bonchev–Trinajstić information content (AvgIpc) is 4.13. The highest BCUT2D eigenvalue weighted by molar-refractivity contribution is 9.10. The number of benzene rings is 4. The summed E-state index contributed by atoms with van der Waals surface area (Å²) in [5.74, 6) is -1.01. The number of nitrogens with one attached hydrogen (secondary N) is 2. The molecule has 0 spiro atoms. The predicted octanol–water partition coefficient (Wildman–Crippen LogP) is 8.29. The van der Waals surface area contributed by atoms with Gasteiger partial charge < -0.3 is 39.4 Å². The number of amides is 10. The van der Waals surface area contributed by atoms with Crippen molar-refractivity contribution in [2.75, 3.05) is 27.3 Å². The molecule has 20 nitrogen and oxygen atoms in total. The molecule has 2 atom stereocenters. The van der Waals surface area contributed by atoms with Gasteiger partial charge in [0.05, 0.1) is 33.0 Å². The summed E-state index contributed by atoms with van der Waals surface area (Å²) in [5, 5.41) is 9.57. The van der Waals surface area contributed by atoms with Crippen LogP contribution in [-0.4, -0.2) is 116 Å². The zero-order chi connectivity index (χ0) is 52.1. The lowest BCUT2D eigenvalue weighted by Crippen LogP contribution is -2.53. The first kappa shape index (κ1) is 55.2. The van der Waals surface area contributed by atoms with Crippen molar-refractivity contribution in [3.8, 4) is 17.2 Å². The van der Waals surface area contributed by atoms with Crippen molar-refractivity contribution in [3.63, 3.8) is 0 Å². The minimum atomic E-state index is -1.72. The summed E-state index contributed by atoms with van der Waals surface area (Å²) in [5.41, 5.74) is -1.22. The third-order valence-electron chi connectivity index (χ3n) is 12.0. The van der Waals surface area contributed by atoms with E-state index in [9.17, 15) is 38.4 Å². The van der Waals surface area contributed by atoms with Gasteiger partial charge in [0.25, 0.3) is 23.6 Å². The van der Waals surface area contributed by atoms with Crippen molar-refractivity contribution >= 4 is 63.8 Å². The van der Waals surface area contributed by atoms with E-state index in [2.05, 4.69) is 31.7 Å². The predicted molar refractivity (Wildman–Crippen MR) is 273 cm³/mol. The number of carbonyl (C=O) groups excluding carboxylic acids is 8. The van der Waals surface area contributed by atoms with Crippen LogP contribution in [0.15, 0.2) is 108 Å². The number of hydrogen-bond acceptors (Lipinski definition) is 13. The number of rotatable bonds is 9. The molecule has 2 N–H and O–H groups in total. The summed E-state index contributed by atoms with van der Waals surface area (Å²) >= 11 is 3.36. The molecule has 2 unspecified atom stereocenters. The SMILES string of the molecule is C.C.COc1ccc2c(c1)CN(CC1(c3ccc(-n4cccn4)cc3)NC(=O)N(C(=O)OC(C)(C)C)C1=O)C2=O.COc1ccc2c(c1)CN(CC1(c3ccc(Br)cc3)NC(=O)N(C(=O)OC(C)(C)C)C1=O)C2=O. The van der Waals surface area contributed by atoms with Crippen LogP contribution in [0.5, 0.6) is 11.5 Å². The van der Waals surface area contributed by atoms with Crippen LogP contribution in [0.4, 0.5) is 19.2 Å². The Kier molecular flexibility index (Phi) is 15.5. The van der Waals surface area contributed by atoms with Crippen LogP contribution in [0.2, 0.25) is 0 Å². The number of methoxy groups -OCH3 is 2. The van der Waals surface area contributed by atoms with Crippen molar-refractivity contribution in [1.29, 1.82) is 0 Å². The van der Waals surface area contributed by atoms with Crippen LogP contribution in [0.3, 0.4) is 0 Å². The zero-order valence-corrected chi connectivity index (χ0v) is 42.2. The molecule has 390 valence electrons. The van der Waals surface area contributed by atoms with Gasteiger partial charge in [0.1, 0.15) is 22.7 Å². The van der Waals surface area contributed by atoms with E-state index in [4.69, 9.17) is 18.9 Å². The van der Waals surface area contributed by atoms with Crippen molar-refractivity contribution in [3.05, 3.63) is 141 Å². The zero-order valence-electron chi connectivity index (χ0n) is 40.6. The van der Waals surface area contributed by atoms with Gasteiger partial charge in [0, 0.05) is 41.1 Å². The molecule has 21 heteroatoms. The van der Waals surface area contributed by atoms with Crippen molar-refractivity contribution in [1.82, 2.24) is 40.0 Å². The summed E-state index contributed by atoms with van der Waals surface area (Å²) in [7, 11) is 3.08. The van der Waals surface area contributed by atoms with Crippen LogP contribution in [-0.2, 0) is 43.2 Å². The second-order valence-electron chi connectivity index (χ2n) is 19.3. The molecule has 1 aromatic heterocycles. The Labute approximate surface area is 437 Å². The molecule has 0 bridgehead atoms. The number of nitrogens with zero attached hydrogens (tertiary/aromatic N) is 6. The Morgan fingerprint density at radius 3 is 1.39 bits per heavy atom. The summed E-state index contributed by atoms with van der Waals surface area (Å²) in [6.45, 7) is 9.88. The van der Waals surface area contributed by atoms with Crippen molar-refractivity contribution in [2.24, 2.45) is 0 Å². The third kappa shape index (κ3) is 10.5. The number of carbonyl (C=O) groups is 8. The number of ether oxygens (including phenoxy) is 4. The summed E-state index contributed by atoms with van der Waals surface area (Å²) in [6.07, 6.45) is 1.25. The van der Waals surface area contributed by atoms with Crippen LogP contribution in [0, 0.1) is 0 Å². The number of hydrogen-bond donors (Lipinski definition) is 2. The molecule has 0 saturated carbocycles. The lowest BCUT2D eigenvalue weighted by molar-refractivity contribution is -0.132. The van der Waals surface area contributed by atoms with Crippen molar-refractivity contribution in [2.45, 2.75) is 91.8 Å². The van der Waals surface area contributed by atoms with E-state index in [-0.39, 0.29) is 52.8 Å². The fourth-order valence-corrected chi connectivity index (χ4v) is 9.00. The highest BCUT2D eigenvalue weighted by Crippen LogP contribution is 2.38. The average molecular weight is 1080 g/mol. The van der Waals surface area contributed by atoms with Crippen LogP contribution in [0.1, 0.15) is 99.4 Å². The van der Waals surface area contributed by atoms with E-state index >= 15 is 0 Å². The van der Waals surface area contributed by atoms with Gasteiger partial charge >= 0.3 is 24.2 Å². The molecule has 2 fully saturated rings. The number of fused-ring (bicyclic) bond motifs is 2. The maximum Gasteiger partial charge on any atom is 0.425 e. The van der Waals surface area contributed by atoms with E-state index in [1.807, 2.05) is 0 Å². The second kappa shape index (κ2) is 20.8. The van der Waals surface area contributed by atoms with Gasteiger partial charge in [0.15, 0.2) is 11.1 Å². The Balaban J connectivity index is 0.000000236. The van der Waals surface area contributed by atoms with Gasteiger partial charge in [-0.1, -0.05) is 55.0 Å². The molecule has 10 amide bonds. The molecule has 4 aromatic carbocycles. The Hall–Kier alpha value is -8.07. The minimum Gasteiger partial charge on any atom is -0.497 e. The first-order chi connectivity index (χ1) is 34.0. The van der Waals surface area contributed by atoms with E-state index in [1.54, 1.807) is 150 Å². The Morgan fingerprint density at radius 1 is 0.622 bits per heavy atom. The number of imide groups is 6. The second-order valence-corrected chi connectivity index (χ2v) is 20.2. The molecular weight excluding hydrogens is 1020 g/mol. The fourth-order valence-electron chi connectivity index (χ4n) is 8.74. The highest BCUT2D eigenvalue weighted by atomic mass is 79.9. The summed E-state index contributed by atoms with van der Waals surface area (Å²) in [4.78, 5) is 109. The van der Waals surface area contributed by atoms with E-state index in [1.165, 1.54) is 24.0 Å². The van der Waals surface area contributed by atoms with Crippen LogP contribution < -0.4 is 20.1 Å². The molecule has 0 radical (unpaired) electrons. The van der Waals surface area contributed by atoms with Crippen molar-refractivity contribution < 1.29 is 57.3 Å². The first-order valence-corrected chi connectivity index (χ1v) is 23.3. The first-order valence-electron chi connectivity index (χ1n) is 22.6. The molecule has 2 saturated heterocycles. The number of urea groups is 2. The van der Waals surface area contributed by atoms with Gasteiger partial charge in [0.2, 0.25) is 0 Å². The van der Waals surface area contributed by atoms with Gasteiger partial charge in [-0.25, -0.2) is 23.9 Å². The molecule has 9 rings (SSSR count). The van der Waals surface area contributed by atoms with Gasteiger partial charge in [-0.3, -0.25) is 19.2 Å². The molecule has 4 aliphatic heterocycles. The quantitative estimate of drug-likeness (QED) is 0.133. The maximum absolute atomic E-state index is 13.9. The van der Waals surface area contributed by atoms with E-state index < -0.39 is 58.3 Å². The topological polar surface area (TPSA) is 228 Å². The summed E-state index contributed by atoms with van der Waals surface area (Å²) < 4.78 is 23.6. The molecular formula is C53H59BrN8O12. The monoisotopic (exact) mass is 1080 g/mol. The van der Waals surface area contributed by atoms with Gasteiger partial charge in [-0.05, 0) is 131 Å². The standard InChI is InChI=1S/C27H27N5O6.C24H24BrN3O6.2CH4/c1-26(2,3)38-25(36)32-23(34)27(29-24(32)35,18-6-8-19(9-7-18)31-13-5-12-28-31)16-30-15-17-14-20(37-4)10-11-21(17)22(30)33;1-23(2,3)34-22(32)28-20(30)24(26-21(28)31,15-5-7-16(25)8-6-15)13-27-12-14-11-17(33-4)9-10-18(14)19(27)29;;/h5-14H,15-16H2,1-4H3,(H,29,35);5-11H,12-13H2,1-4H3,(H,26,31);2*1H4. The lowest BCUT2D eigenvalue weighted by Gasteiger charge is -2.32. The molecule has 0 aliphatic carbocycles. The number of halogens is 1. The highest BCUT2D eigenvalue weighted by Gasteiger charge is 2.59. The third-order valence-corrected chi connectivity index (χ3v) is 12.6. The Bertz CT molecular complexity index is 3020. The minimum absolute atomic E-state index is 0. The van der Waals surface area contributed by atoms with Crippen LogP contribution in [0.25, 0.3) is 5.69 Å². The summed E-state index contributed by atoms with van der Waals surface area (Å²) in [6, 6.07) is 23.8. The Morgan fingerprint density at radius 2 is 1.03 bits per heavy atom. The maximum atomic E-state index is 13.9. The normalized spacial score (nSPS) is 18.9. The number of aromatic nitrogens is 2. The van der Waals surface area contributed by atoms with Gasteiger partial charge in [-0.2, -0.15) is 14.9 Å². The molecule has 4 aliphatic rings. The van der Waals surface area contributed by atoms with E-state index in [0.717, 1.165) is 21.3 Å². The van der Waals surface area contributed by atoms with Gasteiger partial charge in [-0.15, -0.1) is 0 Å². The lowest BCUT2D eigenvalue weighted by atomic mass is 9.88. The molecule has 5 heterocycles. The van der Waals surface area contributed by atoms with E-state index in [0.29, 0.717) is 43.6 Å². The molecule has 5 aromatic rings. The van der Waals surface area contributed by atoms with Crippen LogP contribution >= 0.6 is 15.9 Å². The smallest absolute Gasteiger partial charge is 0.425 e. The largest absolute Gasteiger partial charge is 0.497 e. The molecule has 74 heavy (non-hydrogen) atoms. The fraction of sp³-hybridized carbons (Fsp3) is 0.340.